The van der Waals surface area contributed by atoms with Crippen LogP contribution in [0.15, 0.2) is 0 Å². The number of rotatable bonds is 8. The number of nitrogens with zero attached hydrogens (tertiary/aromatic N) is 1. The summed E-state index contributed by atoms with van der Waals surface area (Å²) in [4.78, 5) is 38.5. The fourth-order valence-corrected chi connectivity index (χ4v) is 4.39. The van der Waals surface area contributed by atoms with Crippen LogP contribution >= 0.6 is 0 Å². The number of esters is 1. The van der Waals surface area contributed by atoms with Crippen molar-refractivity contribution < 1.29 is 24.2 Å². The van der Waals surface area contributed by atoms with Gasteiger partial charge in [0.25, 0.3) is 0 Å². The van der Waals surface area contributed by atoms with Crippen LogP contribution in [0.5, 0.6) is 0 Å². The second-order valence-corrected chi connectivity index (χ2v) is 9.79. The molecular weight excluding hydrogens is 398 g/mol. The van der Waals surface area contributed by atoms with Crippen molar-refractivity contribution in [3.8, 4) is 0 Å². The summed E-state index contributed by atoms with van der Waals surface area (Å²) in [5.41, 5.74) is 5.35. The molecule has 0 unspecified atom stereocenters. The van der Waals surface area contributed by atoms with Crippen LogP contribution in [0.2, 0.25) is 0 Å². The van der Waals surface area contributed by atoms with E-state index in [1.807, 2.05) is 27.7 Å². The zero-order valence-corrected chi connectivity index (χ0v) is 20.1. The molecule has 1 amide bonds. The number of amides is 1. The molecule has 180 valence electrons. The number of nitrogens with one attached hydrogen (secondary N) is 1. The lowest BCUT2D eigenvalue weighted by Gasteiger charge is -2.35. The van der Waals surface area contributed by atoms with E-state index < -0.39 is 24.1 Å². The average molecular weight is 442 g/mol. The molecular formula is C23H43N3O5. The molecule has 8 nitrogen and oxygen atoms in total. The zero-order valence-electron chi connectivity index (χ0n) is 20.1. The first-order chi connectivity index (χ1) is 14.4. The van der Waals surface area contributed by atoms with E-state index in [0.29, 0.717) is 19.4 Å². The zero-order chi connectivity index (χ0) is 23.8. The molecule has 31 heavy (non-hydrogen) atoms. The molecule has 0 aromatic heterocycles. The van der Waals surface area contributed by atoms with Gasteiger partial charge in [0.2, 0.25) is 5.91 Å². The predicted octanol–water partition coefficient (Wildman–Crippen LogP) is 2.68. The van der Waals surface area contributed by atoms with Gasteiger partial charge in [-0.25, -0.2) is 4.79 Å². The highest BCUT2D eigenvalue weighted by Crippen LogP contribution is 2.40. The van der Waals surface area contributed by atoms with E-state index in [9.17, 15) is 19.5 Å². The molecule has 2 aliphatic rings. The lowest BCUT2D eigenvalue weighted by molar-refractivity contribution is -0.152. The Bertz CT molecular complexity index is 599. The minimum Gasteiger partial charge on any atom is -0.480 e. The number of ether oxygens (including phenoxy) is 1. The Morgan fingerprint density at radius 3 is 2.29 bits per heavy atom. The SMILES string of the molecule is CC(C)(C)N.CCC[C@H](N[C@H](C)C(=O)N1[C@H](C(=O)O)C[C@@H]2CCCC[C@@H]21)C(=O)OCC. The van der Waals surface area contributed by atoms with Crippen LogP contribution < -0.4 is 11.1 Å². The van der Waals surface area contributed by atoms with E-state index >= 15 is 0 Å². The average Bonchev–Trinajstić information content (AvgIpc) is 3.05. The Hall–Kier alpha value is -1.67. The number of hydrogen-bond acceptors (Lipinski definition) is 6. The topological polar surface area (TPSA) is 122 Å². The minimum absolute atomic E-state index is 0. The Morgan fingerprint density at radius 2 is 1.77 bits per heavy atom. The molecule has 1 heterocycles. The molecule has 8 heteroatoms. The third-order valence-corrected chi connectivity index (χ3v) is 5.60. The third-order valence-electron chi connectivity index (χ3n) is 5.60. The van der Waals surface area contributed by atoms with Gasteiger partial charge in [0.15, 0.2) is 0 Å². The van der Waals surface area contributed by atoms with Gasteiger partial charge in [-0.2, -0.15) is 0 Å². The van der Waals surface area contributed by atoms with Gasteiger partial charge in [0, 0.05) is 11.6 Å². The summed E-state index contributed by atoms with van der Waals surface area (Å²) in [5, 5.41) is 12.7. The summed E-state index contributed by atoms with van der Waals surface area (Å²) < 4.78 is 5.09. The lowest BCUT2D eigenvalue weighted by Crippen LogP contribution is -2.55. The number of carboxylic acids is 1. The quantitative estimate of drug-likeness (QED) is 0.495. The van der Waals surface area contributed by atoms with Gasteiger partial charge < -0.3 is 20.5 Å². The van der Waals surface area contributed by atoms with Crippen molar-refractivity contribution in [3.63, 3.8) is 0 Å². The first-order valence-electron chi connectivity index (χ1n) is 11.7. The van der Waals surface area contributed by atoms with Gasteiger partial charge in [-0.15, -0.1) is 0 Å². The van der Waals surface area contributed by atoms with Crippen molar-refractivity contribution in [1.82, 2.24) is 10.2 Å². The van der Waals surface area contributed by atoms with Crippen molar-refractivity contribution in [2.45, 2.75) is 116 Å². The highest BCUT2D eigenvalue weighted by atomic mass is 16.5. The van der Waals surface area contributed by atoms with Crippen LogP contribution in [0.4, 0.5) is 0 Å². The molecule has 0 radical (unpaired) electrons. The Kier molecular flexibility index (Phi) is 10.9. The maximum atomic E-state index is 13.1. The summed E-state index contributed by atoms with van der Waals surface area (Å²) in [5.74, 6) is -1.24. The first kappa shape index (κ1) is 27.4. The van der Waals surface area contributed by atoms with Crippen LogP contribution in [0.1, 0.15) is 86.5 Å². The fourth-order valence-electron chi connectivity index (χ4n) is 4.39. The maximum Gasteiger partial charge on any atom is 0.326 e. The Labute approximate surface area is 187 Å². The standard InChI is InChI=1S/C19H32N2O5.C4H11N/c1-4-8-14(19(25)26-5-2)20-12(3)17(22)21-15-10-7-6-9-13(15)11-16(21)18(23)24;1-4(2,3)5/h12-16,20H,4-11H2,1-3H3,(H,23,24);5H2,1-3H3/t12-,13+,14+,15+,16+;/m1./s1. The van der Waals surface area contributed by atoms with Crippen molar-refractivity contribution in [3.05, 3.63) is 0 Å². The molecule has 5 atom stereocenters. The lowest BCUT2D eigenvalue weighted by atomic mass is 9.84. The molecule has 1 aliphatic carbocycles. The molecule has 1 saturated carbocycles. The normalized spacial score (nSPS) is 25.0. The summed E-state index contributed by atoms with van der Waals surface area (Å²) in [6.45, 7) is 11.6. The van der Waals surface area contributed by atoms with Crippen molar-refractivity contribution >= 4 is 17.8 Å². The van der Waals surface area contributed by atoms with Crippen molar-refractivity contribution in [2.75, 3.05) is 6.61 Å². The summed E-state index contributed by atoms with van der Waals surface area (Å²) >= 11 is 0. The number of carbonyl (C=O) groups excluding carboxylic acids is 2. The Balaban J connectivity index is 0.000000861. The van der Waals surface area contributed by atoms with Crippen molar-refractivity contribution in [1.29, 1.82) is 0 Å². The molecule has 2 rings (SSSR count). The number of nitrogens with two attached hydrogens (primary N) is 1. The van der Waals surface area contributed by atoms with Crippen LogP contribution in [0.25, 0.3) is 0 Å². The Morgan fingerprint density at radius 1 is 1.19 bits per heavy atom. The van der Waals surface area contributed by atoms with E-state index in [4.69, 9.17) is 10.5 Å². The monoisotopic (exact) mass is 441 g/mol. The van der Waals surface area contributed by atoms with Crippen LogP contribution in [0.3, 0.4) is 0 Å². The second kappa shape index (κ2) is 12.4. The predicted molar refractivity (Wildman–Crippen MR) is 120 cm³/mol. The van der Waals surface area contributed by atoms with Gasteiger partial charge >= 0.3 is 11.9 Å². The smallest absolute Gasteiger partial charge is 0.326 e. The molecule has 1 aliphatic heterocycles. The number of fused-ring (bicyclic) bond motifs is 1. The van der Waals surface area contributed by atoms with Gasteiger partial charge in [0.05, 0.1) is 12.6 Å². The summed E-state index contributed by atoms with van der Waals surface area (Å²) in [6, 6.07) is -1.92. The molecule has 1 saturated heterocycles. The molecule has 0 bridgehead atoms. The van der Waals surface area contributed by atoms with Gasteiger partial charge in [-0.05, 0) is 66.2 Å². The van der Waals surface area contributed by atoms with Gasteiger partial charge in [-0.3, -0.25) is 14.9 Å². The molecule has 0 spiro atoms. The summed E-state index contributed by atoms with van der Waals surface area (Å²) in [7, 11) is 0. The van der Waals surface area contributed by atoms with E-state index in [2.05, 4.69) is 5.32 Å². The van der Waals surface area contributed by atoms with E-state index in [0.717, 1.165) is 32.1 Å². The number of carbonyl (C=O) groups is 3. The summed E-state index contributed by atoms with van der Waals surface area (Å²) in [6.07, 6.45) is 5.87. The number of carboxylic acid groups (broad SMARTS) is 1. The van der Waals surface area contributed by atoms with Crippen LogP contribution in [-0.4, -0.2) is 64.2 Å². The number of aliphatic carboxylic acids is 1. The number of hydrogen-bond donors (Lipinski definition) is 3. The highest BCUT2D eigenvalue weighted by molar-refractivity contribution is 5.88. The minimum atomic E-state index is -0.935. The van der Waals surface area contributed by atoms with Gasteiger partial charge in [0.1, 0.15) is 12.1 Å². The van der Waals surface area contributed by atoms with Gasteiger partial charge in [-0.1, -0.05) is 26.2 Å². The van der Waals surface area contributed by atoms with Crippen molar-refractivity contribution in [2.24, 2.45) is 11.7 Å². The van der Waals surface area contributed by atoms with Crippen LogP contribution in [0, 0.1) is 5.92 Å². The molecule has 4 N–H and O–H groups in total. The van der Waals surface area contributed by atoms with Crippen LogP contribution in [-0.2, 0) is 19.1 Å². The maximum absolute atomic E-state index is 13.1. The highest BCUT2D eigenvalue weighted by Gasteiger charge is 2.48. The molecule has 0 aromatic rings. The molecule has 0 aromatic carbocycles. The third kappa shape index (κ3) is 8.77. The first-order valence-corrected chi connectivity index (χ1v) is 11.7. The van der Waals surface area contributed by atoms with E-state index in [-0.39, 0.29) is 29.4 Å². The largest absolute Gasteiger partial charge is 0.480 e. The van der Waals surface area contributed by atoms with E-state index in [1.165, 1.54) is 0 Å². The number of likely N-dealkylation sites (tertiary alicyclic amines) is 1. The molecule has 2 fully saturated rings. The second-order valence-electron chi connectivity index (χ2n) is 9.79. The van der Waals surface area contributed by atoms with E-state index in [1.54, 1.807) is 18.7 Å². The fraction of sp³-hybridized carbons (Fsp3) is 0.870.